The molecule has 0 atom stereocenters. The van der Waals surface area contributed by atoms with E-state index in [1.54, 1.807) is 42.5 Å². The van der Waals surface area contributed by atoms with Crippen LogP contribution in [0, 0.1) is 4.91 Å². The Balaban J connectivity index is 1.56. The number of carbonyl (C=O) groups excluding carboxylic acids is 1. The number of hydrogen-bond acceptors (Lipinski definition) is 5. The van der Waals surface area contributed by atoms with Crippen LogP contribution < -0.4 is 9.64 Å². The molecular weight excluding hydrogens is 368 g/mol. The Kier molecular flexibility index (Phi) is 4.70. The number of piperidine rings is 1. The molecule has 0 bridgehead atoms. The van der Waals surface area contributed by atoms with Gasteiger partial charge in [0.2, 0.25) is 0 Å². The van der Waals surface area contributed by atoms with Crippen molar-refractivity contribution in [2.24, 2.45) is 5.18 Å². The summed E-state index contributed by atoms with van der Waals surface area (Å²) >= 11 is 0. The molecule has 0 saturated carbocycles. The van der Waals surface area contributed by atoms with Gasteiger partial charge in [-0.05, 0) is 47.6 Å². The van der Waals surface area contributed by atoms with Crippen molar-refractivity contribution in [3.63, 3.8) is 0 Å². The van der Waals surface area contributed by atoms with Gasteiger partial charge in [0.1, 0.15) is 18.0 Å². The molecule has 0 aliphatic carbocycles. The molecule has 0 radical (unpaired) electrons. The molecule has 0 N–H and O–H groups in total. The highest BCUT2D eigenvalue weighted by molar-refractivity contribution is 5.95. The van der Waals surface area contributed by atoms with Gasteiger partial charge in [-0.25, -0.2) is 8.78 Å². The first kappa shape index (κ1) is 18.3. The van der Waals surface area contributed by atoms with Gasteiger partial charge in [-0.15, -0.1) is 4.91 Å². The van der Waals surface area contributed by atoms with Crippen LogP contribution in [0.2, 0.25) is 0 Å². The van der Waals surface area contributed by atoms with Crippen molar-refractivity contribution in [2.75, 3.05) is 31.1 Å². The summed E-state index contributed by atoms with van der Waals surface area (Å²) in [4.78, 5) is 26.8. The van der Waals surface area contributed by atoms with Crippen LogP contribution in [0.4, 0.5) is 25.8 Å². The SMILES string of the molecule is O=Nc1ccc(N2CCOc3cc(C(=O)N4CCC(F)(F)CC4)ccc32)cc1. The molecule has 2 heterocycles. The van der Waals surface area contributed by atoms with Crippen molar-refractivity contribution in [3.05, 3.63) is 52.9 Å². The van der Waals surface area contributed by atoms with Crippen LogP contribution in [0.3, 0.4) is 0 Å². The topological polar surface area (TPSA) is 62.2 Å². The molecule has 0 unspecified atom stereocenters. The monoisotopic (exact) mass is 387 g/mol. The minimum atomic E-state index is -2.69. The van der Waals surface area contributed by atoms with E-state index in [0.29, 0.717) is 30.2 Å². The summed E-state index contributed by atoms with van der Waals surface area (Å²) in [5.74, 6) is -2.39. The average molecular weight is 387 g/mol. The Morgan fingerprint density at radius 1 is 1.04 bits per heavy atom. The number of ether oxygens (including phenoxy) is 1. The Hall–Kier alpha value is -3.03. The molecule has 8 heteroatoms. The fourth-order valence-corrected chi connectivity index (χ4v) is 3.53. The van der Waals surface area contributed by atoms with Crippen LogP contribution >= 0.6 is 0 Å². The lowest BCUT2D eigenvalue weighted by molar-refractivity contribution is -0.0494. The number of rotatable bonds is 3. The van der Waals surface area contributed by atoms with E-state index in [2.05, 4.69) is 5.18 Å². The van der Waals surface area contributed by atoms with Crippen molar-refractivity contribution < 1.29 is 18.3 Å². The molecule has 2 aliphatic heterocycles. The molecular formula is C20H19F2N3O3. The lowest BCUT2D eigenvalue weighted by atomic mass is 10.0. The highest BCUT2D eigenvalue weighted by atomic mass is 19.3. The van der Waals surface area contributed by atoms with Crippen LogP contribution in [0.1, 0.15) is 23.2 Å². The van der Waals surface area contributed by atoms with E-state index in [1.807, 2.05) is 4.90 Å². The smallest absolute Gasteiger partial charge is 0.253 e. The van der Waals surface area contributed by atoms with Crippen molar-refractivity contribution in [1.82, 2.24) is 4.90 Å². The number of halogens is 2. The summed E-state index contributed by atoms with van der Waals surface area (Å²) < 4.78 is 32.4. The van der Waals surface area contributed by atoms with Crippen molar-refractivity contribution in [1.29, 1.82) is 0 Å². The van der Waals surface area contributed by atoms with E-state index >= 15 is 0 Å². The van der Waals surface area contributed by atoms with Gasteiger partial charge in [0.15, 0.2) is 0 Å². The highest BCUT2D eigenvalue weighted by Crippen LogP contribution is 2.38. The van der Waals surface area contributed by atoms with Crippen molar-refractivity contribution >= 4 is 23.0 Å². The minimum absolute atomic E-state index is 0.0486. The van der Waals surface area contributed by atoms with E-state index in [9.17, 15) is 18.5 Å². The Morgan fingerprint density at radius 3 is 2.43 bits per heavy atom. The fraction of sp³-hybridized carbons (Fsp3) is 0.350. The number of likely N-dealkylation sites (tertiary alicyclic amines) is 1. The quantitative estimate of drug-likeness (QED) is 0.728. The third-order valence-electron chi connectivity index (χ3n) is 5.12. The van der Waals surface area contributed by atoms with E-state index in [4.69, 9.17) is 4.74 Å². The molecule has 28 heavy (non-hydrogen) atoms. The molecule has 1 saturated heterocycles. The molecule has 0 aromatic heterocycles. The molecule has 0 spiro atoms. The summed E-state index contributed by atoms with van der Waals surface area (Å²) in [6.45, 7) is 1.16. The van der Waals surface area contributed by atoms with Crippen LogP contribution in [0.5, 0.6) is 5.75 Å². The van der Waals surface area contributed by atoms with Crippen molar-refractivity contribution in [2.45, 2.75) is 18.8 Å². The number of benzene rings is 2. The van der Waals surface area contributed by atoms with E-state index in [1.165, 1.54) is 4.90 Å². The number of hydrogen-bond donors (Lipinski definition) is 0. The third-order valence-corrected chi connectivity index (χ3v) is 5.12. The minimum Gasteiger partial charge on any atom is -0.490 e. The lowest BCUT2D eigenvalue weighted by Gasteiger charge is -2.33. The van der Waals surface area contributed by atoms with Gasteiger partial charge in [0.25, 0.3) is 11.8 Å². The fourth-order valence-electron chi connectivity index (χ4n) is 3.53. The second kappa shape index (κ2) is 7.18. The Bertz CT molecular complexity index is 892. The molecule has 146 valence electrons. The van der Waals surface area contributed by atoms with Crippen LogP contribution in [0.25, 0.3) is 0 Å². The van der Waals surface area contributed by atoms with Crippen LogP contribution in [-0.4, -0.2) is 43.0 Å². The second-order valence-electron chi connectivity index (χ2n) is 6.94. The maximum absolute atomic E-state index is 13.3. The Morgan fingerprint density at radius 2 is 1.75 bits per heavy atom. The van der Waals surface area contributed by atoms with Crippen LogP contribution in [0.15, 0.2) is 47.6 Å². The molecule has 2 aromatic carbocycles. The number of alkyl halides is 2. The summed E-state index contributed by atoms with van der Waals surface area (Å²) in [7, 11) is 0. The van der Waals surface area contributed by atoms with E-state index in [0.717, 1.165) is 11.4 Å². The van der Waals surface area contributed by atoms with Gasteiger partial charge in [0.05, 0.1) is 12.2 Å². The average Bonchev–Trinajstić information content (AvgIpc) is 2.72. The maximum atomic E-state index is 13.3. The van der Waals surface area contributed by atoms with Crippen LogP contribution in [-0.2, 0) is 0 Å². The largest absolute Gasteiger partial charge is 0.490 e. The maximum Gasteiger partial charge on any atom is 0.253 e. The van der Waals surface area contributed by atoms with Gasteiger partial charge in [-0.3, -0.25) is 4.79 Å². The number of nitroso groups, excluding NO2 is 1. The predicted octanol–water partition coefficient (Wildman–Crippen LogP) is 4.49. The molecule has 2 aromatic rings. The zero-order valence-electron chi connectivity index (χ0n) is 15.1. The number of carbonyl (C=O) groups is 1. The van der Waals surface area contributed by atoms with Crippen molar-refractivity contribution in [3.8, 4) is 5.75 Å². The van der Waals surface area contributed by atoms with Gasteiger partial charge in [-0.1, -0.05) is 0 Å². The number of fused-ring (bicyclic) bond motifs is 1. The van der Waals surface area contributed by atoms with Gasteiger partial charge in [0, 0.05) is 37.2 Å². The normalized spacial score (nSPS) is 18.2. The van der Waals surface area contributed by atoms with Gasteiger partial charge < -0.3 is 14.5 Å². The number of amides is 1. The summed E-state index contributed by atoms with van der Waals surface area (Å²) in [6, 6.07) is 12.0. The zero-order valence-corrected chi connectivity index (χ0v) is 15.1. The molecule has 1 fully saturated rings. The molecule has 2 aliphatic rings. The Labute approximate surface area is 160 Å². The van der Waals surface area contributed by atoms with Gasteiger partial charge >= 0.3 is 0 Å². The van der Waals surface area contributed by atoms with Gasteiger partial charge in [-0.2, -0.15) is 0 Å². The predicted molar refractivity (Wildman–Crippen MR) is 101 cm³/mol. The second-order valence-corrected chi connectivity index (χ2v) is 6.94. The summed E-state index contributed by atoms with van der Waals surface area (Å²) in [5, 5.41) is 2.90. The first-order chi connectivity index (χ1) is 13.5. The molecule has 6 nitrogen and oxygen atoms in total. The lowest BCUT2D eigenvalue weighted by Crippen LogP contribution is -2.42. The summed E-state index contributed by atoms with van der Waals surface area (Å²) in [6.07, 6.45) is -0.612. The standard InChI is InChI=1S/C20H19F2N3O3/c21-20(22)7-9-24(10-8-20)19(26)14-1-6-17-18(13-14)28-12-11-25(17)16-4-2-15(23-27)3-5-16/h1-6,13H,7-12H2. The number of nitrogens with zero attached hydrogens (tertiary/aromatic N) is 3. The van der Waals surface area contributed by atoms with E-state index < -0.39 is 5.92 Å². The first-order valence-corrected chi connectivity index (χ1v) is 9.12. The zero-order chi connectivity index (χ0) is 19.7. The molecule has 4 rings (SSSR count). The van der Waals surface area contributed by atoms with E-state index in [-0.39, 0.29) is 31.8 Å². The highest BCUT2D eigenvalue weighted by Gasteiger charge is 2.36. The first-order valence-electron chi connectivity index (χ1n) is 9.12. The molecule has 1 amide bonds. The number of anilines is 2. The summed E-state index contributed by atoms with van der Waals surface area (Å²) in [5.41, 5.74) is 2.46. The third kappa shape index (κ3) is 3.54.